The van der Waals surface area contributed by atoms with E-state index in [0.29, 0.717) is 13.0 Å². The molecule has 1 rings (SSSR count). The molecule has 106 valence electrons. The Morgan fingerprint density at radius 2 is 2.00 bits per heavy atom. The fourth-order valence-electron chi connectivity index (χ4n) is 1.37. The zero-order valence-electron chi connectivity index (χ0n) is 11.3. The van der Waals surface area contributed by atoms with Crippen molar-refractivity contribution in [2.24, 2.45) is 0 Å². The Hall–Kier alpha value is -1.33. The number of hydrogen-bond acceptors (Lipinski definition) is 3. The Kier molecular flexibility index (Phi) is 5.57. The van der Waals surface area contributed by atoms with E-state index in [0.717, 1.165) is 18.2 Å². The van der Waals surface area contributed by atoms with Gasteiger partial charge >= 0.3 is 0 Å². The van der Waals surface area contributed by atoms with E-state index < -0.39 is 17.4 Å². The Bertz CT molecular complexity index is 444. The first-order valence-electron chi connectivity index (χ1n) is 5.97. The Labute approximate surface area is 111 Å². The van der Waals surface area contributed by atoms with Crippen molar-refractivity contribution >= 4 is 5.78 Å². The normalized spacial score (nSPS) is 11.6. The maximum atomic E-state index is 13.3. The van der Waals surface area contributed by atoms with Gasteiger partial charge in [-0.2, -0.15) is 0 Å². The van der Waals surface area contributed by atoms with Crippen LogP contribution in [0.1, 0.15) is 30.6 Å². The summed E-state index contributed by atoms with van der Waals surface area (Å²) < 4.78 is 36.6. The van der Waals surface area contributed by atoms with Crippen LogP contribution in [0.25, 0.3) is 0 Å². The smallest absolute Gasteiger partial charge is 0.191 e. The molecule has 0 atom stereocenters. The molecule has 19 heavy (non-hydrogen) atoms. The predicted molar refractivity (Wildman–Crippen MR) is 67.2 cm³/mol. The van der Waals surface area contributed by atoms with Gasteiger partial charge in [-0.3, -0.25) is 4.79 Å². The number of carbonyl (C=O) groups excluding carboxylic acids is 1. The first-order valence-corrected chi connectivity index (χ1v) is 5.97. The highest BCUT2D eigenvalue weighted by Crippen LogP contribution is 2.13. The van der Waals surface area contributed by atoms with Gasteiger partial charge in [0, 0.05) is 13.7 Å². The first kappa shape index (κ1) is 15.7. The van der Waals surface area contributed by atoms with Gasteiger partial charge in [0.15, 0.2) is 5.78 Å². The van der Waals surface area contributed by atoms with Crippen LogP contribution < -0.4 is 0 Å². The second-order valence-electron chi connectivity index (χ2n) is 4.81. The van der Waals surface area contributed by atoms with E-state index in [1.807, 2.05) is 13.8 Å². The number of Topliss-reactive ketones (excluding diaryl/α,β-unsaturated/α-hetero) is 1. The minimum absolute atomic E-state index is 0.278. The SMILES string of the molecule is COC(C)(C)CCOCC(=O)c1cc(F)ccc1F. The van der Waals surface area contributed by atoms with E-state index >= 15 is 0 Å². The fourth-order valence-corrected chi connectivity index (χ4v) is 1.37. The molecule has 0 spiro atoms. The van der Waals surface area contributed by atoms with Gasteiger partial charge in [0.05, 0.1) is 11.2 Å². The van der Waals surface area contributed by atoms with Gasteiger partial charge in [0.2, 0.25) is 0 Å². The summed E-state index contributed by atoms with van der Waals surface area (Å²) in [6, 6.07) is 2.77. The molecule has 5 heteroatoms. The summed E-state index contributed by atoms with van der Waals surface area (Å²) in [7, 11) is 1.59. The monoisotopic (exact) mass is 272 g/mol. The average Bonchev–Trinajstić information content (AvgIpc) is 2.37. The number of carbonyl (C=O) groups is 1. The summed E-state index contributed by atoms with van der Waals surface area (Å²) >= 11 is 0. The maximum absolute atomic E-state index is 13.3. The third-order valence-electron chi connectivity index (χ3n) is 2.86. The van der Waals surface area contributed by atoms with Crippen molar-refractivity contribution < 1.29 is 23.0 Å². The molecule has 0 radical (unpaired) electrons. The minimum Gasteiger partial charge on any atom is -0.379 e. The van der Waals surface area contributed by atoms with E-state index in [9.17, 15) is 13.6 Å². The fraction of sp³-hybridized carbons (Fsp3) is 0.500. The van der Waals surface area contributed by atoms with E-state index in [1.165, 1.54) is 0 Å². The lowest BCUT2D eigenvalue weighted by Crippen LogP contribution is -2.25. The molecular formula is C14H18F2O3. The Balaban J connectivity index is 2.46. The van der Waals surface area contributed by atoms with Crippen molar-refractivity contribution in [3.05, 3.63) is 35.4 Å². The summed E-state index contributed by atoms with van der Waals surface area (Å²) in [5, 5.41) is 0. The molecule has 0 saturated heterocycles. The van der Waals surface area contributed by atoms with Gasteiger partial charge in [-0.25, -0.2) is 8.78 Å². The van der Waals surface area contributed by atoms with Gasteiger partial charge in [0.1, 0.15) is 18.2 Å². The van der Waals surface area contributed by atoms with E-state index in [1.54, 1.807) is 7.11 Å². The van der Waals surface area contributed by atoms with E-state index in [4.69, 9.17) is 9.47 Å². The number of hydrogen-bond donors (Lipinski definition) is 0. The van der Waals surface area contributed by atoms with Gasteiger partial charge in [-0.1, -0.05) is 0 Å². The van der Waals surface area contributed by atoms with Crippen molar-refractivity contribution in [3.63, 3.8) is 0 Å². The molecule has 0 aliphatic rings. The number of methoxy groups -OCH3 is 1. The summed E-state index contributed by atoms with van der Waals surface area (Å²) in [4.78, 5) is 11.6. The summed E-state index contributed by atoms with van der Waals surface area (Å²) in [5.41, 5.74) is -0.626. The number of ether oxygens (including phenoxy) is 2. The molecule has 0 unspecified atom stereocenters. The van der Waals surface area contributed by atoms with Crippen LogP contribution in [0.5, 0.6) is 0 Å². The third kappa shape index (κ3) is 5.04. The molecule has 1 aromatic carbocycles. The molecule has 0 aromatic heterocycles. The molecule has 0 amide bonds. The second kappa shape index (κ2) is 6.73. The first-order chi connectivity index (χ1) is 8.85. The maximum Gasteiger partial charge on any atom is 0.191 e. The Morgan fingerprint density at radius 1 is 1.32 bits per heavy atom. The third-order valence-corrected chi connectivity index (χ3v) is 2.86. The summed E-state index contributed by atoms with van der Waals surface area (Å²) in [6.07, 6.45) is 0.600. The van der Waals surface area contributed by atoms with Crippen LogP contribution in [-0.4, -0.2) is 31.7 Å². The zero-order chi connectivity index (χ0) is 14.5. The molecule has 0 saturated carbocycles. The number of rotatable bonds is 7. The number of ketones is 1. The Morgan fingerprint density at radius 3 is 2.63 bits per heavy atom. The highest BCUT2D eigenvalue weighted by Gasteiger charge is 2.17. The molecule has 0 heterocycles. The summed E-state index contributed by atoms with van der Waals surface area (Å²) in [5.74, 6) is -1.97. The average molecular weight is 272 g/mol. The van der Waals surface area contributed by atoms with Crippen LogP contribution in [-0.2, 0) is 9.47 Å². The lowest BCUT2D eigenvalue weighted by Gasteiger charge is -2.22. The molecule has 0 N–H and O–H groups in total. The lowest BCUT2D eigenvalue weighted by molar-refractivity contribution is -0.00840. The van der Waals surface area contributed by atoms with Crippen LogP contribution in [0, 0.1) is 11.6 Å². The largest absolute Gasteiger partial charge is 0.379 e. The topological polar surface area (TPSA) is 35.5 Å². The zero-order valence-corrected chi connectivity index (χ0v) is 11.3. The van der Waals surface area contributed by atoms with Crippen molar-refractivity contribution in [2.45, 2.75) is 25.9 Å². The van der Waals surface area contributed by atoms with Gasteiger partial charge in [-0.15, -0.1) is 0 Å². The van der Waals surface area contributed by atoms with Gasteiger partial charge in [-0.05, 0) is 38.5 Å². The highest BCUT2D eigenvalue weighted by atomic mass is 19.1. The van der Waals surface area contributed by atoms with Crippen molar-refractivity contribution in [1.29, 1.82) is 0 Å². The van der Waals surface area contributed by atoms with Crippen LogP contribution in [0.4, 0.5) is 8.78 Å². The van der Waals surface area contributed by atoms with E-state index in [-0.39, 0.29) is 17.8 Å². The van der Waals surface area contributed by atoms with Crippen LogP contribution in [0.2, 0.25) is 0 Å². The number of halogens is 2. The van der Waals surface area contributed by atoms with E-state index in [2.05, 4.69) is 0 Å². The second-order valence-corrected chi connectivity index (χ2v) is 4.81. The van der Waals surface area contributed by atoms with Crippen molar-refractivity contribution in [1.82, 2.24) is 0 Å². The van der Waals surface area contributed by atoms with Crippen LogP contribution >= 0.6 is 0 Å². The van der Waals surface area contributed by atoms with Crippen molar-refractivity contribution in [2.75, 3.05) is 20.3 Å². The quantitative estimate of drug-likeness (QED) is 0.565. The highest BCUT2D eigenvalue weighted by molar-refractivity contribution is 5.97. The lowest BCUT2D eigenvalue weighted by atomic mass is 10.1. The molecule has 1 aromatic rings. The summed E-state index contributed by atoms with van der Waals surface area (Å²) in [6.45, 7) is 3.82. The van der Waals surface area contributed by atoms with Gasteiger partial charge < -0.3 is 9.47 Å². The van der Waals surface area contributed by atoms with Crippen molar-refractivity contribution in [3.8, 4) is 0 Å². The molecule has 3 nitrogen and oxygen atoms in total. The van der Waals surface area contributed by atoms with Crippen LogP contribution in [0.15, 0.2) is 18.2 Å². The molecule has 0 bridgehead atoms. The van der Waals surface area contributed by atoms with Gasteiger partial charge in [0.25, 0.3) is 0 Å². The minimum atomic E-state index is -0.743. The molecule has 0 fully saturated rings. The molecular weight excluding hydrogens is 254 g/mol. The standard InChI is InChI=1S/C14H18F2O3/c1-14(2,18-3)6-7-19-9-13(17)11-8-10(15)4-5-12(11)16/h4-5,8H,6-7,9H2,1-3H3. The predicted octanol–water partition coefficient (Wildman–Crippen LogP) is 2.98. The molecule has 0 aliphatic carbocycles. The number of benzene rings is 1. The van der Waals surface area contributed by atoms with Crippen LogP contribution in [0.3, 0.4) is 0 Å². The molecule has 0 aliphatic heterocycles.